The van der Waals surface area contributed by atoms with Gasteiger partial charge in [0.1, 0.15) is 6.10 Å². The molecule has 1 atom stereocenters. The van der Waals surface area contributed by atoms with Crippen LogP contribution < -0.4 is 0 Å². The van der Waals surface area contributed by atoms with E-state index in [9.17, 15) is 9.59 Å². The van der Waals surface area contributed by atoms with Crippen molar-refractivity contribution in [3.05, 3.63) is 0 Å². The predicted molar refractivity (Wildman–Crippen MR) is 44.6 cm³/mol. The minimum Gasteiger partial charge on any atom is -0.465 e. The van der Waals surface area contributed by atoms with E-state index in [4.69, 9.17) is 9.84 Å². The van der Waals surface area contributed by atoms with Crippen LogP contribution in [-0.2, 0) is 9.53 Å². The highest BCUT2D eigenvalue weighted by molar-refractivity contribution is 5.85. The van der Waals surface area contributed by atoms with Crippen LogP contribution in [0.3, 0.4) is 0 Å². The summed E-state index contributed by atoms with van der Waals surface area (Å²) in [6.45, 7) is 2.68. The van der Waals surface area contributed by atoms with Gasteiger partial charge in [-0.05, 0) is 6.92 Å². The number of amides is 1. The lowest BCUT2D eigenvalue weighted by atomic mass is 10.1. The van der Waals surface area contributed by atoms with Crippen LogP contribution >= 0.6 is 0 Å². The van der Waals surface area contributed by atoms with E-state index in [1.165, 1.54) is 4.90 Å². The first-order chi connectivity index (χ1) is 6.15. The molecule has 0 aromatic rings. The largest absolute Gasteiger partial charge is 0.465 e. The summed E-state index contributed by atoms with van der Waals surface area (Å²) in [5.41, 5.74) is 0. The molecular formula is C8H13NO4. The first-order valence-electron chi connectivity index (χ1n) is 4.27. The molecule has 1 saturated heterocycles. The number of piperidine rings is 1. The standard InChI is InChI=1S/C8H13NO4/c1-2-13-7-5-9(8(11)12)4-3-6(7)10/h7H,2-5H2,1H3,(H,11,12). The zero-order chi connectivity index (χ0) is 9.84. The zero-order valence-corrected chi connectivity index (χ0v) is 7.52. The lowest BCUT2D eigenvalue weighted by molar-refractivity contribution is -0.134. The number of carbonyl (C=O) groups is 2. The second kappa shape index (κ2) is 4.23. The molecule has 0 saturated carbocycles. The SMILES string of the molecule is CCOC1CN(C(=O)O)CCC1=O. The highest BCUT2D eigenvalue weighted by atomic mass is 16.5. The second-order valence-electron chi connectivity index (χ2n) is 2.89. The van der Waals surface area contributed by atoms with E-state index in [-0.39, 0.29) is 25.3 Å². The van der Waals surface area contributed by atoms with Crippen LogP contribution in [0.15, 0.2) is 0 Å². The molecule has 1 rings (SSSR count). The molecule has 0 aromatic carbocycles. The van der Waals surface area contributed by atoms with Crippen LogP contribution in [0.4, 0.5) is 4.79 Å². The number of likely N-dealkylation sites (tertiary alicyclic amines) is 1. The molecule has 13 heavy (non-hydrogen) atoms. The fourth-order valence-electron chi connectivity index (χ4n) is 1.32. The van der Waals surface area contributed by atoms with E-state index in [0.29, 0.717) is 6.61 Å². The normalized spacial score (nSPS) is 23.3. The Morgan fingerprint density at radius 1 is 1.77 bits per heavy atom. The lowest BCUT2D eigenvalue weighted by Gasteiger charge is -2.29. The molecule has 1 aliphatic heterocycles. The average molecular weight is 187 g/mol. The van der Waals surface area contributed by atoms with E-state index >= 15 is 0 Å². The van der Waals surface area contributed by atoms with Gasteiger partial charge < -0.3 is 14.7 Å². The topological polar surface area (TPSA) is 66.8 Å². The van der Waals surface area contributed by atoms with E-state index < -0.39 is 12.2 Å². The van der Waals surface area contributed by atoms with Crippen LogP contribution in [0.5, 0.6) is 0 Å². The van der Waals surface area contributed by atoms with Crippen LogP contribution in [0.2, 0.25) is 0 Å². The minimum atomic E-state index is -0.989. The number of nitrogens with zero attached hydrogens (tertiary/aromatic N) is 1. The van der Waals surface area contributed by atoms with Gasteiger partial charge in [-0.1, -0.05) is 0 Å². The van der Waals surface area contributed by atoms with Gasteiger partial charge in [0.05, 0.1) is 6.54 Å². The van der Waals surface area contributed by atoms with Crippen molar-refractivity contribution in [2.45, 2.75) is 19.4 Å². The molecule has 1 heterocycles. The smallest absolute Gasteiger partial charge is 0.407 e. The summed E-state index contributed by atoms with van der Waals surface area (Å²) in [6, 6.07) is 0. The van der Waals surface area contributed by atoms with Crippen LogP contribution in [0, 0.1) is 0 Å². The third-order valence-electron chi connectivity index (χ3n) is 2.01. The van der Waals surface area contributed by atoms with Gasteiger partial charge in [0.25, 0.3) is 0 Å². The summed E-state index contributed by atoms with van der Waals surface area (Å²) in [5, 5.41) is 8.67. The molecule has 0 spiro atoms. The third kappa shape index (κ3) is 2.42. The van der Waals surface area contributed by atoms with E-state index in [2.05, 4.69) is 0 Å². The molecule has 5 heteroatoms. The maximum Gasteiger partial charge on any atom is 0.407 e. The number of hydrogen-bond acceptors (Lipinski definition) is 3. The summed E-state index contributed by atoms with van der Waals surface area (Å²) in [6.07, 6.45) is -1.29. The maximum absolute atomic E-state index is 11.2. The van der Waals surface area contributed by atoms with E-state index in [1.54, 1.807) is 6.92 Å². The molecule has 1 amide bonds. The van der Waals surface area contributed by atoms with Gasteiger partial charge in [0.15, 0.2) is 5.78 Å². The number of carbonyl (C=O) groups excluding carboxylic acids is 1. The zero-order valence-electron chi connectivity index (χ0n) is 7.52. The Labute approximate surface area is 76.3 Å². The Hall–Kier alpha value is -1.10. The van der Waals surface area contributed by atoms with Gasteiger partial charge in [-0.2, -0.15) is 0 Å². The Bertz CT molecular complexity index is 216. The van der Waals surface area contributed by atoms with E-state index in [1.807, 2.05) is 0 Å². The fourth-order valence-corrected chi connectivity index (χ4v) is 1.32. The predicted octanol–water partition coefficient (Wildman–Crippen LogP) is 0.344. The van der Waals surface area contributed by atoms with E-state index in [0.717, 1.165) is 0 Å². The maximum atomic E-state index is 11.2. The summed E-state index contributed by atoms with van der Waals surface area (Å²) >= 11 is 0. The van der Waals surface area contributed by atoms with Crippen molar-refractivity contribution in [3.8, 4) is 0 Å². The van der Waals surface area contributed by atoms with Crippen molar-refractivity contribution in [1.82, 2.24) is 4.90 Å². The van der Waals surface area contributed by atoms with Crippen molar-refractivity contribution in [2.75, 3.05) is 19.7 Å². The summed E-state index contributed by atoms with van der Waals surface area (Å²) in [7, 11) is 0. The highest BCUT2D eigenvalue weighted by Gasteiger charge is 2.29. The quantitative estimate of drug-likeness (QED) is 0.677. The molecule has 1 unspecified atom stereocenters. The summed E-state index contributed by atoms with van der Waals surface area (Å²) in [5.74, 6) is -0.000602. The molecule has 1 fully saturated rings. The molecule has 0 radical (unpaired) electrons. The van der Waals surface area contributed by atoms with Gasteiger partial charge in [0.2, 0.25) is 0 Å². The first kappa shape index (κ1) is 9.98. The van der Waals surface area contributed by atoms with Gasteiger partial charge in [-0.25, -0.2) is 4.79 Å². The third-order valence-corrected chi connectivity index (χ3v) is 2.01. The Balaban J connectivity index is 2.52. The highest BCUT2D eigenvalue weighted by Crippen LogP contribution is 2.09. The molecule has 0 aromatic heterocycles. The van der Waals surface area contributed by atoms with Gasteiger partial charge in [0, 0.05) is 19.6 Å². The Morgan fingerprint density at radius 2 is 2.46 bits per heavy atom. The number of ether oxygens (including phenoxy) is 1. The van der Waals surface area contributed by atoms with Crippen molar-refractivity contribution < 1.29 is 19.4 Å². The Kier molecular flexibility index (Phi) is 3.25. The van der Waals surface area contributed by atoms with Gasteiger partial charge >= 0.3 is 6.09 Å². The van der Waals surface area contributed by atoms with Crippen LogP contribution in [-0.4, -0.2) is 47.7 Å². The second-order valence-corrected chi connectivity index (χ2v) is 2.89. The number of carboxylic acid groups (broad SMARTS) is 1. The molecule has 0 bridgehead atoms. The summed E-state index contributed by atoms with van der Waals surface area (Å²) in [4.78, 5) is 23.0. The number of ketones is 1. The molecule has 5 nitrogen and oxygen atoms in total. The number of hydrogen-bond donors (Lipinski definition) is 1. The number of Topliss-reactive ketones (excluding diaryl/α,β-unsaturated/α-hetero) is 1. The first-order valence-corrected chi connectivity index (χ1v) is 4.27. The lowest BCUT2D eigenvalue weighted by Crippen LogP contribution is -2.47. The van der Waals surface area contributed by atoms with Crippen molar-refractivity contribution in [2.24, 2.45) is 0 Å². The number of rotatable bonds is 2. The monoisotopic (exact) mass is 187 g/mol. The molecule has 1 aliphatic rings. The van der Waals surface area contributed by atoms with Crippen LogP contribution in [0.25, 0.3) is 0 Å². The molecular weight excluding hydrogens is 174 g/mol. The molecule has 74 valence electrons. The molecule has 1 N–H and O–H groups in total. The summed E-state index contributed by atoms with van der Waals surface area (Å²) < 4.78 is 5.12. The van der Waals surface area contributed by atoms with Crippen molar-refractivity contribution in [1.29, 1.82) is 0 Å². The average Bonchev–Trinajstić information content (AvgIpc) is 2.08. The molecule has 0 aliphatic carbocycles. The van der Waals surface area contributed by atoms with Crippen molar-refractivity contribution in [3.63, 3.8) is 0 Å². The minimum absolute atomic E-state index is 0.000602. The van der Waals surface area contributed by atoms with Gasteiger partial charge in [-0.15, -0.1) is 0 Å². The van der Waals surface area contributed by atoms with Crippen molar-refractivity contribution >= 4 is 11.9 Å². The fraction of sp³-hybridized carbons (Fsp3) is 0.750. The van der Waals surface area contributed by atoms with Crippen LogP contribution in [0.1, 0.15) is 13.3 Å². The van der Waals surface area contributed by atoms with Gasteiger partial charge in [-0.3, -0.25) is 4.79 Å². The Morgan fingerprint density at radius 3 is 3.00 bits per heavy atom.